The number of hydrogen-bond donors (Lipinski definition) is 1. The van der Waals surface area contributed by atoms with Gasteiger partial charge in [0.2, 0.25) is 0 Å². The summed E-state index contributed by atoms with van der Waals surface area (Å²) in [5, 5.41) is 0. The maximum Gasteiger partial charge on any atom is 0.126 e. The van der Waals surface area contributed by atoms with E-state index in [9.17, 15) is 17.6 Å². The standard InChI is InChI=1S/C15H13F4N/c1-15(20,10-5-12(17)7-13(18)6-10)8-9-4-11(16)2-3-14(9)19/h2-7H,8,20H2,1H3. The van der Waals surface area contributed by atoms with Crippen LogP contribution in [0.15, 0.2) is 36.4 Å². The Kier molecular flexibility index (Phi) is 3.81. The molecule has 106 valence electrons. The Hall–Kier alpha value is -1.88. The Morgan fingerprint density at radius 3 is 2.10 bits per heavy atom. The third-order valence-corrected chi connectivity index (χ3v) is 3.09. The van der Waals surface area contributed by atoms with Gasteiger partial charge in [0.05, 0.1) is 0 Å². The maximum atomic E-state index is 13.6. The van der Waals surface area contributed by atoms with Gasteiger partial charge in [0, 0.05) is 11.6 Å². The highest BCUT2D eigenvalue weighted by Gasteiger charge is 2.25. The van der Waals surface area contributed by atoms with E-state index in [1.165, 1.54) is 6.92 Å². The lowest BCUT2D eigenvalue weighted by Crippen LogP contribution is -2.36. The molecule has 0 saturated carbocycles. The molecular weight excluding hydrogens is 270 g/mol. The summed E-state index contributed by atoms with van der Waals surface area (Å²) in [5.41, 5.74) is 5.01. The van der Waals surface area contributed by atoms with Crippen molar-refractivity contribution in [2.75, 3.05) is 0 Å². The zero-order valence-corrected chi connectivity index (χ0v) is 10.8. The average Bonchev–Trinajstić information content (AvgIpc) is 2.32. The van der Waals surface area contributed by atoms with Gasteiger partial charge in [0.1, 0.15) is 23.3 Å². The van der Waals surface area contributed by atoms with Gasteiger partial charge < -0.3 is 5.73 Å². The lowest BCUT2D eigenvalue weighted by Gasteiger charge is -2.26. The van der Waals surface area contributed by atoms with Crippen LogP contribution >= 0.6 is 0 Å². The molecule has 20 heavy (non-hydrogen) atoms. The molecule has 0 heterocycles. The molecule has 2 aromatic carbocycles. The largest absolute Gasteiger partial charge is 0.321 e. The SMILES string of the molecule is CC(N)(Cc1cc(F)ccc1F)c1cc(F)cc(F)c1. The Bertz CT molecular complexity index is 618. The molecule has 1 atom stereocenters. The van der Waals surface area contributed by atoms with Gasteiger partial charge in [0.15, 0.2) is 0 Å². The number of benzene rings is 2. The van der Waals surface area contributed by atoms with Crippen molar-refractivity contribution in [2.24, 2.45) is 5.73 Å². The molecule has 1 unspecified atom stereocenters. The summed E-state index contributed by atoms with van der Waals surface area (Å²) in [6.45, 7) is 1.51. The minimum absolute atomic E-state index is 0.0552. The second-order valence-corrected chi connectivity index (χ2v) is 4.99. The van der Waals surface area contributed by atoms with Crippen LogP contribution in [0.1, 0.15) is 18.1 Å². The van der Waals surface area contributed by atoms with Crippen molar-refractivity contribution in [1.82, 2.24) is 0 Å². The lowest BCUT2D eigenvalue weighted by molar-refractivity contribution is 0.463. The highest BCUT2D eigenvalue weighted by molar-refractivity contribution is 5.29. The van der Waals surface area contributed by atoms with Crippen molar-refractivity contribution in [3.8, 4) is 0 Å². The Labute approximate surface area is 114 Å². The summed E-state index contributed by atoms with van der Waals surface area (Å²) < 4.78 is 53.2. The van der Waals surface area contributed by atoms with Gasteiger partial charge >= 0.3 is 0 Å². The van der Waals surface area contributed by atoms with Crippen molar-refractivity contribution in [2.45, 2.75) is 18.9 Å². The van der Waals surface area contributed by atoms with Gasteiger partial charge in [-0.2, -0.15) is 0 Å². The van der Waals surface area contributed by atoms with Gasteiger partial charge in [-0.3, -0.25) is 0 Å². The molecule has 0 aliphatic heterocycles. The normalized spacial score (nSPS) is 14.1. The fourth-order valence-electron chi connectivity index (χ4n) is 2.06. The molecule has 0 spiro atoms. The van der Waals surface area contributed by atoms with Crippen molar-refractivity contribution < 1.29 is 17.6 Å². The second-order valence-electron chi connectivity index (χ2n) is 4.99. The highest BCUT2D eigenvalue weighted by Crippen LogP contribution is 2.26. The smallest absolute Gasteiger partial charge is 0.126 e. The molecule has 0 bridgehead atoms. The summed E-state index contributed by atoms with van der Waals surface area (Å²) in [4.78, 5) is 0. The van der Waals surface area contributed by atoms with Crippen molar-refractivity contribution >= 4 is 0 Å². The van der Waals surface area contributed by atoms with Gasteiger partial charge in [0.25, 0.3) is 0 Å². The van der Waals surface area contributed by atoms with Crippen LogP contribution in [0.4, 0.5) is 17.6 Å². The topological polar surface area (TPSA) is 26.0 Å². The number of nitrogens with two attached hydrogens (primary N) is 1. The predicted octanol–water partition coefficient (Wildman–Crippen LogP) is 3.66. The molecular formula is C15H13F4N. The first-order valence-corrected chi connectivity index (χ1v) is 5.97. The van der Waals surface area contributed by atoms with Crippen molar-refractivity contribution in [3.05, 3.63) is 70.8 Å². The first-order chi connectivity index (χ1) is 9.28. The van der Waals surface area contributed by atoms with E-state index in [2.05, 4.69) is 0 Å². The van der Waals surface area contributed by atoms with E-state index in [1.54, 1.807) is 0 Å². The van der Waals surface area contributed by atoms with E-state index in [-0.39, 0.29) is 17.5 Å². The Morgan fingerprint density at radius 2 is 1.50 bits per heavy atom. The number of halogens is 4. The van der Waals surface area contributed by atoms with Gasteiger partial charge in [-0.25, -0.2) is 17.6 Å². The molecule has 1 nitrogen and oxygen atoms in total. The molecule has 2 N–H and O–H groups in total. The summed E-state index contributed by atoms with van der Waals surface area (Å²) in [7, 11) is 0. The van der Waals surface area contributed by atoms with Crippen LogP contribution in [-0.4, -0.2) is 0 Å². The summed E-state index contributed by atoms with van der Waals surface area (Å²) in [6.07, 6.45) is -0.0838. The third kappa shape index (κ3) is 3.17. The molecule has 0 aliphatic rings. The third-order valence-electron chi connectivity index (χ3n) is 3.09. The van der Waals surface area contributed by atoms with E-state index in [0.717, 1.165) is 36.4 Å². The van der Waals surface area contributed by atoms with E-state index in [1.807, 2.05) is 0 Å². The average molecular weight is 283 g/mol. The van der Waals surface area contributed by atoms with Crippen molar-refractivity contribution in [1.29, 1.82) is 0 Å². The zero-order chi connectivity index (χ0) is 14.9. The first-order valence-electron chi connectivity index (χ1n) is 5.97. The summed E-state index contributed by atoms with van der Waals surface area (Å²) in [6, 6.07) is 5.90. The molecule has 2 aromatic rings. The second kappa shape index (κ2) is 5.25. The molecule has 0 radical (unpaired) electrons. The maximum absolute atomic E-state index is 13.6. The predicted molar refractivity (Wildman–Crippen MR) is 68.0 cm³/mol. The van der Waals surface area contributed by atoms with Gasteiger partial charge in [-0.1, -0.05) is 0 Å². The summed E-state index contributed by atoms with van der Waals surface area (Å²) in [5.74, 6) is -2.74. The van der Waals surface area contributed by atoms with E-state index in [0.29, 0.717) is 0 Å². The van der Waals surface area contributed by atoms with Crippen LogP contribution in [-0.2, 0) is 12.0 Å². The van der Waals surface area contributed by atoms with E-state index in [4.69, 9.17) is 5.73 Å². The quantitative estimate of drug-likeness (QED) is 0.855. The molecule has 2 rings (SSSR count). The minimum atomic E-state index is -1.22. The monoisotopic (exact) mass is 283 g/mol. The van der Waals surface area contributed by atoms with Crippen LogP contribution in [0.2, 0.25) is 0 Å². The molecule has 0 fully saturated rings. The van der Waals surface area contributed by atoms with E-state index >= 15 is 0 Å². The first kappa shape index (κ1) is 14.5. The van der Waals surface area contributed by atoms with Crippen LogP contribution in [0.25, 0.3) is 0 Å². The number of hydrogen-bond acceptors (Lipinski definition) is 1. The van der Waals surface area contributed by atoms with Gasteiger partial charge in [-0.05, 0) is 54.8 Å². The Balaban J connectivity index is 2.37. The molecule has 0 aromatic heterocycles. The molecule has 0 saturated heterocycles. The highest BCUT2D eigenvalue weighted by atomic mass is 19.1. The van der Waals surface area contributed by atoms with Crippen LogP contribution < -0.4 is 5.73 Å². The molecule has 0 amide bonds. The van der Waals surface area contributed by atoms with Gasteiger partial charge in [-0.15, -0.1) is 0 Å². The summed E-state index contributed by atoms with van der Waals surface area (Å²) >= 11 is 0. The van der Waals surface area contributed by atoms with Crippen LogP contribution in [0.3, 0.4) is 0 Å². The fourth-order valence-corrected chi connectivity index (χ4v) is 2.06. The lowest BCUT2D eigenvalue weighted by atomic mass is 9.86. The van der Waals surface area contributed by atoms with Crippen molar-refractivity contribution in [3.63, 3.8) is 0 Å². The minimum Gasteiger partial charge on any atom is -0.321 e. The van der Waals surface area contributed by atoms with Crippen LogP contribution in [0.5, 0.6) is 0 Å². The molecule has 0 aliphatic carbocycles. The fraction of sp³-hybridized carbons (Fsp3) is 0.200. The Morgan fingerprint density at radius 1 is 0.900 bits per heavy atom. The molecule has 5 heteroatoms. The van der Waals surface area contributed by atoms with Crippen LogP contribution in [0, 0.1) is 23.3 Å². The van der Waals surface area contributed by atoms with E-state index < -0.39 is 28.8 Å². The number of rotatable bonds is 3. The zero-order valence-electron chi connectivity index (χ0n) is 10.8.